The van der Waals surface area contributed by atoms with E-state index in [1.54, 1.807) is 19.3 Å². The Morgan fingerprint density at radius 3 is 2.86 bits per heavy atom. The van der Waals surface area contributed by atoms with E-state index in [4.69, 9.17) is 5.84 Å². The number of nitrogens with zero attached hydrogens (tertiary/aromatic N) is 2. The largest absolute Gasteiger partial charge is 0.347 e. The molecule has 0 fully saturated rings. The number of nitrogen functional groups attached to an aromatic ring is 1. The second-order valence-electron chi connectivity index (χ2n) is 4.30. The number of nitro groups is 1. The third kappa shape index (κ3) is 3.15. The fourth-order valence-electron chi connectivity index (χ4n) is 1.81. The number of nitro benzene ring substituents is 1. The number of carbonyl (C=O) groups excluding carboxylic acids is 1. The number of imidazole rings is 1. The van der Waals surface area contributed by atoms with Crippen LogP contribution in [0.4, 0.5) is 11.4 Å². The van der Waals surface area contributed by atoms with Crippen molar-refractivity contribution in [3.05, 3.63) is 52.1 Å². The fraction of sp³-hybridized carbons (Fsp3) is 0.167. The molecule has 1 unspecified atom stereocenters. The molecule has 0 aliphatic heterocycles. The first kappa shape index (κ1) is 14.5. The van der Waals surface area contributed by atoms with Crippen molar-refractivity contribution in [3.63, 3.8) is 0 Å². The second-order valence-corrected chi connectivity index (χ2v) is 4.30. The highest BCUT2D eigenvalue weighted by Crippen LogP contribution is 2.24. The Kier molecular flexibility index (Phi) is 4.14. The molecule has 0 radical (unpaired) electrons. The van der Waals surface area contributed by atoms with Crippen LogP contribution in [-0.4, -0.2) is 20.8 Å². The number of carbonyl (C=O) groups is 1. The third-order valence-electron chi connectivity index (χ3n) is 2.89. The first-order chi connectivity index (χ1) is 10.0. The van der Waals surface area contributed by atoms with E-state index in [2.05, 4.69) is 20.7 Å². The van der Waals surface area contributed by atoms with Crippen LogP contribution in [0.1, 0.15) is 29.1 Å². The Labute approximate surface area is 119 Å². The van der Waals surface area contributed by atoms with Crippen molar-refractivity contribution < 1.29 is 9.72 Å². The molecule has 0 spiro atoms. The van der Waals surface area contributed by atoms with Crippen LogP contribution in [0.3, 0.4) is 0 Å². The summed E-state index contributed by atoms with van der Waals surface area (Å²) in [5.74, 6) is 5.46. The van der Waals surface area contributed by atoms with Gasteiger partial charge in [-0.25, -0.2) is 4.98 Å². The Morgan fingerprint density at radius 2 is 2.29 bits per heavy atom. The van der Waals surface area contributed by atoms with E-state index in [9.17, 15) is 14.9 Å². The quantitative estimate of drug-likeness (QED) is 0.369. The SMILES string of the molecule is CC(NC(=O)c1ccc([N+](=O)[O-])c(NN)c1)c1ncc[nH]1. The number of nitrogens with one attached hydrogen (secondary N) is 3. The van der Waals surface area contributed by atoms with Gasteiger partial charge in [0.1, 0.15) is 11.5 Å². The van der Waals surface area contributed by atoms with Gasteiger partial charge >= 0.3 is 0 Å². The Bertz CT molecular complexity index is 655. The summed E-state index contributed by atoms with van der Waals surface area (Å²) in [5.41, 5.74) is 2.34. The van der Waals surface area contributed by atoms with E-state index < -0.39 is 4.92 Å². The minimum absolute atomic E-state index is 0.0679. The molecule has 0 aliphatic rings. The van der Waals surface area contributed by atoms with Gasteiger partial charge in [-0.05, 0) is 19.1 Å². The van der Waals surface area contributed by atoms with Gasteiger partial charge in [-0.15, -0.1) is 0 Å². The number of hydrazine groups is 1. The predicted molar refractivity (Wildman–Crippen MR) is 75.4 cm³/mol. The van der Waals surface area contributed by atoms with Gasteiger partial charge in [0.25, 0.3) is 11.6 Å². The molecule has 110 valence electrons. The highest BCUT2D eigenvalue weighted by molar-refractivity contribution is 5.96. The van der Waals surface area contributed by atoms with Gasteiger partial charge in [0.05, 0.1) is 11.0 Å². The zero-order valence-corrected chi connectivity index (χ0v) is 11.2. The Morgan fingerprint density at radius 1 is 1.52 bits per heavy atom. The van der Waals surface area contributed by atoms with Crippen LogP contribution in [-0.2, 0) is 0 Å². The molecule has 21 heavy (non-hydrogen) atoms. The van der Waals surface area contributed by atoms with Crippen LogP contribution in [0, 0.1) is 10.1 Å². The number of hydrogen-bond acceptors (Lipinski definition) is 6. The average molecular weight is 290 g/mol. The van der Waals surface area contributed by atoms with Crippen molar-refractivity contribution in [2.75, 3.05) is 5.43 Å². The molecule has 9 nitrogen and oxygen atoms in total. The summed E-state index contributed by atoms with van der Waals surface area (Å²) in [7, 11) is 0. The van der Waals surface area contributed by atoms with Crippen molar-refractivity contribution in [2.45, 2.75) is 13.0 Å². The van der Waals surface area contributed by atoms with Crippen molar-refractivity contribution in [2.24, 2.45) is 5.84 Å². The fourth-order valence-corrected chi connectivity index (χ4v) is 1.81. The smallest absolute Gasteiger partial charge is 0.293 e. The van der Waals surface area contributed by atoms with Gasteiger partial charge in [0, 0.05) is 24.0 Å². The lowest BCUT2D eigenvalue weighted by molar-refractivity contribution is -0.384. The first-order valence-corrected chi connectivity index (χ1v) is 6.08. The number of aromatic amines is 1. The molecule has 1 atom stereocenters. The van der Waals surface area contributed by atoms with E-state index in [0.29, 0.717) is 5.82 Å². The van der Waals surface area contributed by atoms with E-state index in [0.717, 1.165) is 0 Å². The van der Waals surface area contributed by atoms with Crippen LogP contribution in [0.15, 0.2) is 30.6 Å². The minimum Gasteiger partial charge on any atom is -0.347 e. The predicted octanol–water partition coefficient (Wildman–Crippen LogP) is 1.09. The zero-order valence-electron chi connectivity index (χ0n) is 11.2. The lowest BCUT2D eigenvalue weighted by Crippen LogP contribution is -2.27. The molecule has 2 aromatic rings. The standard InChI is InChI=1S/C12H14N6O3/c1-7(11-14-4-5-15-11)16-12(19)8-2-3-10(18(20)21)9(6-8)17-13/h2-7,17H,13H2,1H3,(H,14,15)(H,16,19). The molecule has 2 rings (SSSR count). The molecule has 0 bridgehead atoms. The highest BCUT2D eigenvalue weighted by atomic mass is 16.6. The van der Waals surface area contributed by atoms with Gasteiger partial charge < -0.3 is 15.7 Å². The van der Waals surface area contributed by atoms with E-state index in [1.807, 2.05) is 0 Å². The Hall–Kier alpha value is -2.94. The topological polar surface area (TPSA) is 139 Å². The van der Waals surface area contributed by atoms with E-state index in [1.165, 1.54) is 18.2 Å². The summed E-state index contributed by atoms with van der Waals surface area (Å²) in [6.07, 6.45) is 3.24. The lowest BCUT2D eigenvalue weighted by Gasteiger charge is -2.12. The molecule has 0 saturated carbocycles. The molecule has 1 amide bonds. The molecule has 0 saturated heterocycles. The summed E-state index contributed by atoms with van der Waals surface area (Å²) in [5, 5.41) is 13.5. The monoisotopic (exact) mass is 290 g/mol. The van der Waals surface area contributed by atoms with Crippen LogP contribution in [0.2, 0.25) is 0 Å². The molecule has 1 aromatic heterocycles. The Balaban J connectivity index is 2.18. The van der Waals surface area contributed by atoms with Gasteiger partial charge in [0.15, 0.2) is 0 Å². The number of anilines is 1. The molecular formula is C12H14N6O3. The molecule has 0 aliphatic carbocycles. The third-order valence-corrected chi connectivity index (χ3v) is 2.89. The van der Waals surface area contributed by atoms with Crippen molar-refractivity contribution >= 4 is 17.3 Å². The summed E-state index contributed by atoms with van der Waals surface area (Å²) in [4.78, 5) is 29.3. The number of H-pyrrole nitrogens is 1. The number of hydrogen-bond donors (Lipinski definition) is 4. The van der Waals surface area contributed by atoms with Gasteiger partial charge in [-0.2, -0.15) is 0 Å². The molecule has 5 N–H and O–H groups in total. The van der Waals surface area contributed by atoms with Gasteiger partial charge in [0.2, 0.25) is 0 Å². The first-order valence-electron chi connectivity index (χ1n) is 6.08. The number of nitrogens with two attached hydrogens (primary N) is 1. The van der Waals surface area contributed by atoms with Crippen molar-refractivity contribution in [3.8, 4) is 0 Å². The van der Waals surface area contributed by atoms with E-state index >= 15 is 0 Å². The summed E-state index contributed by atoms with van der Waals surface area (Å²) < 4.78 is 0. The zero-order chi connectivity index (χ0) is 15.4. The number of aromatic nitrogens is 2. The highest BCUT2D eigenvalue weighted by Gasteiger charge is 2.18. The maximum absolute atomic E-state index is 12.1. The minimum atomic E-state index is -0.581. The number of benzene rings is 1. The molecule has 9 heteroatoms. The normalized spacial score (nSPS) is 11.7. The molecule has 1 aromatic carbocycles. The number of rotatable bonds is 5. The summed E-state index contributed by atoms with van der Waals surface area (Å²) >= 11 is 0. The summed E-state index contributed by atoms with van der Waals surface area (Å²) in [6, 6.07) is 3.59. The van der Waals surface area contributed by atoms with Gasteiger partial charge in [-0.1, -0.05) is 0 Å². The van der Waals surface area contributed by atoms with Crippen LogP contribution in [0.25, 0.3) is 0 Å². The maximum atomic E-state index is 12.1. The second kappa shape index (κ2) is 6.01. The van der Waals surface area contributed by atoms with E-state index in [-0.39, 0.29) is 28.9 Å². The number of amides is 1. The van der Waals surface area contributed by atoms with Crippen LogP contribution >= 0.6 is 0 Å². The molecule has 1 heterocycles. The van der Waals surface area contributed by atoms with Gasteiger partial charge in [-0.3, -0.25) is 20.8 Å². The maximum Gasteiger partial charge on any atom is 0.293 e. The van der Waals surface area contributed by atoms with Crippen molar-refractivity contribution in [1.82, 2.24) is 15.3 Å². The van der Waals surface area contributed by atoms with Crippen LogP contribution < -0.4 is 16.6 Å². The lowest BCUT2D eigenvalue weighted by atomic mass is 10.1. The van der Waals surface area contributed by atoms with Crippen LogP contribution in [0.5, 0.6) is 0 Å². The average Bonchev–Trinajstić information content (AvgIpc) is 3.00. The summed E-state index contributed by atoms with van der Waals surface area (Å²) in [6.45, 7) is 1.77. The molecular weight excluding hydrogens is 276 g/mol. The van der Waals surface area contributed by atoms with Crippen molar-refractivity contribution in [1.29, 1.82) is 0 Å².